The molecule has 9 heteroatoms. The van der Waals surface area contributed by atoms with Crippen molar-refractivity contribution in [3.8, 4) is 11.3 Å². The normalized spacial score (nSPS) is 10.9. The zero-order valence-electron chi connectivity index (χ0n) is 13.5. The molecule has 0 aliphatic heterocycles. The molecule has 0 saturated heterocycles. The molecule has 0 aliphatic rings. The number of hydrogen-bond acceptors (Lipinski definition) is 3. The quantitative estimate of drug-likeness (QED) is 0.549. The summed E-state index contributed by atoms with van der Waals surface area (Å²) in [4.78, 5) is 16.0. The molecule has 1 heterocycles. The molecule has 0 aliphatic carbocycles. The van der Waals surface area contributed by atoms with Gasteiger partial charge < -0.3 is 9.73 Å². The average Bonchev–Trinajstić information content (AvgIpc) is 3.09. The van der Waals surface area contributed by atoms with Crippen molar-refractivity contribution in [2.24, 2.45) is 0 Å². The Morgan fingerprint density at radius 1 is 1.11 bits per heavy atom. The Morgan fingerprint density at radius 2 is 1.89 bits per heavy atom. The van der Waals surface area contributed by atoms with E-state index in [9.17, 15) is 18.0 Å². The Labute approximate surface area is 161 Å². The largest absolute Gasteiger partial charge is 0.441 e. The third kappa shape index (κ3) is 4.43. The van der Waals surface area contributed by atoms with Crippen LogP contribution in [0.15, 0.2) is 40.9 Å². The molecule has 0 bridgehead atoms. The smallest absolute Gasteiger partial charge is 0.224 e. The predicted molar refractivity (Wildman–Crippen MR) is 95.2 cm³/mol. The number of nitrogens with zero attached hydrogens (tertiary/aromatic N) is 1. The highest BCUT2D eigenvalue weighted by molar-refractivity contribution is 6.36. The minimum absolute atomic E-state index is 0.104. The summed E-state index contributed by atoms with van der Waals surface area (Å²) in [5.74, 6) is -4.39. The maximum Gasteiger partial charge on any atom is 0.224 e. The van der Waals surface area contributed by atoms with Crippen LogP contribution in [-0.2, 0) is 11.2 Å². The first-order valence-electron chi connectivity index (χ1n) is 7.68. The Kier molecular flexibility index (Phi) is 5.72. The average molecular weight is 415 g/mol. The van der Waals surface area contributed by atoms with Gasteiger partial charge in [-0.05, 0) is 30.3 Å². The van der Waals surface area contributed by atoms with Crippen molar-refractivity contribution in [3.63, 3.8) is 0 Å². The molecule has 0 spiro atoms. The standard InChI is InChI=1S/C18H11Cl2F3N2O2/c19-9-1-2-10(11(20)7-9)14-8-24-16(27-14)6-5-15(26)25-13-4-3-12(21)17(22)18(13)23/h1-4,7-8H,5-6H2,(H,25,26). The van der Waals surface area contributed by atoms with Crippen LogP contribution in [0.25, 0.3) is 11.3 Å². The highest BCUT2D eigenvalue weighted by Gasteiger charge is 2.16. The molecule has 2 aromatic carbocycles. The fourth-order valence-electron chi connectivity index (χ4n) is 2.30. The van der Waals surface area contributed by atoms with E-state index in [0.717, 1.165) is 12.1 Å². The Morgan fingerprint density at radius 3 is 2.63 bits per heavy atom. The maximum absolute atomic E-state index is 13.6. The van der Waals surface area contributed by atoms with Gasteiger partial charge in [-0.2, -0.15) is 0 Å². The van der Waals surface area contributed by atoms with Crippen molar-refractivity contribution in [2.45, 2.75) is 12.8 Å². The maximum atomic E-state index is 13.6. The fourth-order valence-corrected chi connectivity index (χ4v) is 2.80. The summed E-state index contributed by atoms with van der Waals surface area (Å²) in [6.07, 6.45) is 1.46. The lowest BCUT2D eigenvalue weighted by molar-refractivity contribution is -0.116. The Bertz CT molecular complexity index is 1010. The molecule has 1 aromatic heterocycles. The van der Waals surface area contributed by atoms with E-state index in [-0.39, 0.29) is 18.7 Å². The first-order chi connectivity index (χ1) is 12.8. The minimum atomic E-state index is -1.65. The van der Waals surface area contributed by atoms with E-state index in [1.165, 1.54) is 6.20 Å². The number of oxazole rings is 1. The number of nitrogens with one attached hydrogen (secondary N) is 1. The molecule has 27 heavy (non-hydrogen) atoms. The number of halogens is 5. The summed E-state index contributed by atoms with van der Waals surface area (Å²) < 4.78 is 45.2. The molecule has 3 rings (SSSR count). The van der Waals surface area contributed by atoms with Crippen molar-refractivity contribution in [3.05, 3.63) is 69.9 Å². The predicted octanol–water partition coefficient (Wildman–Crippen LogP) is 5.64. The highest BCUT2D eigenvalue weighted by Crippen LogP contribution is 2.31. The summed E-state index contributed by atoms with van der Waals surface area (Å²) >= 11 is 11.9. The molecule has 0 saturated carbocycles. The second-order valence-corrected chi connectivity index (χ2v) is 6.36. The third-order valence-electron chi connectivity index (χ3n) is 3.63. The van der Waals surface area contributed by atoms with E-state index in [0.29, 0.717) is 21.4 Å². The molecular formula is C18H11Cl2F3N2O2. The van der Waals surface area contributed by atoms with Crippen LogP contribution in [-0.4, -0.2) is 10.9 Å². The molecule has 1 amide bonds. The van der Waals surface area contributed by atoms with Gasteiger partial charge in [0.2, 0.25) is 5.91 Å². The summed E-state index contributed by atoms with van der Waals surface area (Å²) in [5, 5.41) is 3.04. The number of aromatic nitrogens is 1. The van der Waals surface area contributed by atoms with Gasteiger partial charge in [-0.1, -0.05) is 23.2 Å². The van der Waals surface area contributed by atoms with Crippen molar-refractivity contribution in [1.82, 2.24) is 4.98 Å². The van der Waals surface area contributed by atoms with Crippen LogP contribution in [0.1, 0.15) is 12.3 Å². The lowest BCUT2D eigenvalue weighted by Crippen LogP contribution is -2.14. The van der Waals surface area contributed by atoms with E-state index in [1.54, 1.807) is 18.2 Å². The number of aryl methyl sites for hydroxylation is 1. The van der Waals surface area contributed by atoms with Crippen molar-refractivity contribution >= 4 is 34.8 Å². The van der Waals surface area contributed by atoms with E-state index in [2.05, 4.69) is 10.3 Å². The van der Waals surface area contributed by atoms with Crippen LogP contribution >= 0.6 is 23.2 Å². The van der Waals surface area contributed by atoms with Crippen LogP contribution in [0.4, 0.5) is 18.9 Å². The first-order valence-corrected chi connectivity index (χ1v) is 8.44. The summed E-state index contributed by atoms with van der Waals surface area (Å²) in [5.41, 5.74) is 0.146. The molecule has 0 fully saturated rings. The Balaban J connectivity index is 1.63. The van der Waals surface area contributed by atoms with Gasteiger partial charge in [0.15, 0.2) is 29.1 Å². The van der Waals surface area contributed by atoms with Crippen molar-refractivity contribution in [2.75, 3.05) is 5.32 Å². The molecule has 0 radical (unpaired) electrons. The second kappa shape index (κ2) is 8.02. The summed E-state index contributed by atoms with van der Waals surface area (Å²) in [6, 6.07) is 6.55. The van der Waals surface area contributed by atoms with E-state index in [1.807, 2.05) is 0 Å². The fraction of sp³-hybridized carbons (Fsp3) is 0.111. The van der Waals surface area contributed by atoms with Crippen molar-refractivity contribution < 1.29 is 22.4 Å². The number of hydrogen-bond donors (Lipinski definition) is 1. The van der Waals surface area contributed by atoms with E-state index in [4.69, 9.17) is 27.6 Å². The van der Waals surface area contributed by atoms with Gasteiger partial charge in [0, 0.05) is 23.4 Å². The van der Waals surface area contributed by atoms with E-state index >= 15 is 0 Å². The van der Waals surface area contributed by atoms with Gasteiger partial charge in [-0.25, -0.2) is 18.2 Å². The number of amides is 1. The minimum Gasteiger partial charge on any atom is -0.441 e. The molecule has 4 nitrogen and oxygen atoms in total. The van der Waals surface area contributed by atoms with Crippen LogP contribution < -0.4 is 5.32 Å². The lowest BCUT2D eigenvalue weighted by Gasteiger charge is -2.06. The van der Waals surface area contributed by atoms with Gasteiger partial charge in [0.1, 0.15) is 0 Å². The highest BCUT2D eigenvalue weighted by atomic mass is 35.5. The van der Waals surface area contributed by atoms with Gasteiger partial charge in [-0.3, -0.25) is 4.79 Å². The van der Waals surface area contributed by atoms with Crippen LogP contribution in [0, 0.1) is 17.5 Å². The monoisotopic (exact) mass is 414 g/mol. The molecule has 1 N–H and O–H groups in total. The van der Waals surface area contributed by atoms with Gasteiger partial charge in [0.05, 0.1) is 16.9 Å². The van der Waals surface area contributed by atoms with Gasteiger partial charge in [0.25, 0.3) is 0 Å². The van der Waals surface area contributed by atoms with Gasteiger partial charge in [-0.15, -0.1) is 0 Å². The number of rotatable bonds is 5. The Hall–Kier alpha value is -2.51. The lowest BCUT2D eigenvalue weighted by atomic mass is 10.2. The molecule has 140 valence electrons. The third-order valence-corrected chi connectivity index (χ3v) is 4.17. The summed E-state index contributed by atoms with van der Waals surface area (Å²) in [7, 11) is 0. The molecule has 0 unspecified atom stereocenters. The van der Waals surface area contributed by atoms with Crippen LogP contribution in [0.3, 0.4) is 0 Å². The number of carbonyl (C=O) groups excluding carboxylic acids is 1. The zero-order valence-corrected chi connectivity index (χ0v) is 15.0. The van der Waals surface area contributed by atoms with Crippen molar-refractivity contribution in [1.29, 1.82) is 0 Å². The second-order valence-electron chi connectivity index (χ2n) is 5.51. The topological polar surface area (TPSA) is 55.1 Å². The van der Waals surface area contributed by atoms with Crippen LogP contribution in [0.2, 0.25) is 10.0 Å². The van der Waals surface area contributed by atoms with Crippen LogP contribution in [0.5, 0.6) is 0 Å². The number of benzene rings is 2. The number of carbonyl (C=O) groups is 1. The zero-order chi connectivity index (χ0) is 19.6. The molecular weight excluding hydrogens is 404 g/mol. The number of anilines is 1. The molecule has 0 atom stereocenters. The van der Waals surface area contributed by atoms with Gasteiger partial charge >= 0.3 is 0 Å². The summed E-state index contributed by atoms with van der Waals surface area (Å²) in [6.45, 7) is 0. The molecule has 3 aromatic rings. The van der Waals surface area contributed by atoms with E-state index < -0.39 is 29.0 Å². The SMILES string of the molecule is O=C(CCc1ncc(-c2ccc(Cl)cc2Cl)o1)Nc1ccc(F)c(F)c1F. The first kappa shape index (κ1) is 19.3.